The SMILES string of the molecule is Cc1cc(C)c2c(=O)cc(C(=O)Nc3sc4c(c3C(=O)NC[C@H]3CCCO3)CCC4)oc2c1. The average molecular weight is 467 g/mol. The van der Waals surface area contributed by atoms with Crippen LogP contribution < -0.4 is 16.1 Å². The lowest BCUT2D eigenvalue weighted by molar-refractivity contribution is 0.0858. The van der Waals surface area contributed by atoms with Crippen LogP contribution in [0.1, 0.15) is 61.7 Å². The minimum atomic E-state index is -0.541. The number of aryl methyl sites for hydroxylation is 3. The number of amides is 2. The third-order valence-corrected chi connectivity index (χ3v) is 7.49. The molecule has 0 bridgehead atoms. The summed E-state index contributed by atoms with van der Waals surface area (Å²) in [4.78, 5) is 39.9. The lowest BCUT2D eigenvalue weighted by atomic mass is 10.1. The van der Waals surface area contributed by atoms with Crippen LogP contribution >= 0.6 is 11.3 Å². The van der Waals surface area contributed by atoms with Gasteiger partial charge < -0.3 is 19.8 Å². The number of nitrogens with one attached hydrogen (secondary N) is 2. The van der Waals surface area contributed by atoms with Crippen LogP contribution in [0.15, 0.2) is 27.4 Å². The van der Waals surface area contributed by atoms with E-state index in [9.17, 15) is 14.4 Å². The van der Waals surface area contributed by atoms with Crippen molar-refractivity contribution in [2.24, 2.45) is 0 Å². The molecular formula is C25H26N2O5S. The minimum absolute atomic E-state index is 0.0393. The molecule has 1 aliphatic heterocycles. The lowest BCUT2D eigenvalue weighted by Gasteiger charge is -2.12. The number of rotatable bonds is 5. The van der Waals surface area contributed by atoms with Crippen molar-refractivity contribution in [2.45, 2.75) is 52.1 Å². The number of ether oxygens (including phenoxy) is 1. The van der Waals surface area contributed by atoms with Crippen molar-refractivity contribution < 1.29 is 18.7 Å². The predicted octanol–water partition coefficient (Wildman–Crippen LogP) is 4.12. The van der Waals surface area contributed by atoms with Crippen LogP contribution in [0.2, 0.25) is 0 Å². The van der Waals surface area contributed by atoms with Crippen molar-refractivity contribution in [1.82, 2.24) is 5.32 Å². The van der Waals surface area contributed by atoms with Gasteiger partial charge in [-0.1, -0.05) is 6.07 Å². The number of anilines is 1. The van der Waals surface area contributed by atoms with E-state index in [2.05, 4.69) is 10.6 Å². The quantitative estimate of drug-likeness (QED) is 0.590. The molecule has 1 saturated heterocycles. The third kappa shape index (κ3) is 4.20. The lowest BCUT2D eigenvalue weighted by Crippen LogP contribution is -2.32. The van der Waals surface area contributed by atoms with Gasteiger partial charge in [-0.3, -0.25) is 14.4 Å². The van der Waals surface area contributed by atoms with Crippen LogP contribution in [0.5, 0.6) is 0 Å². The Morgan fingerprint density at radius 1 is 1.12 bits per heavy atom. The Morgan fingerprint density at radius 2 is 1.97 bits per heavy atom. The Bertz CT molecular complexity index is 1320. The molecule has 0 spiro atoms. The molecule has 2 aromatic heterocycles. The molecule has 1 atom stereocenters. The molecule has 2 N–H and O–H groups in total. The number of hydrogen-bond donors (Lipinski definition) is 2. The molecule has 0 radical (unpaired) electrons. The van der Waals surface area contributed by atoms with E-state index >= 15 is 0 Å². The van der Waals surface area contributed by atoms with Crippen molar-refractivity contribution in [1.29, 1.82) is 0 Å². The molecule has 1 aliphatic carbocycles. The van der Waals surface area contributed by atoms with Gasteiger partial charge in [-0.2, -0.15) is 0 Å². The Kier molecular flexibility index (Phi) is 5.80. The van der Waals surface area contributed by atoms with E-state index in [0.29, 0.717) is 28.1 Å². The van der Waals surface area contributed by atoms with Gasteiger partial charge in [-0.15, -0.1) is 11.3 Å². The van der Waals surface area contributed by atoms with E-state index < -0.39 is 5.91 Å². The molecule has 2 amide bonds. The minimum Gasteiger partial charge on any atom is -0.451 e. The molecule has 5 rings (SSSR count). The number of fused-ring (bicyclic) bond motifs is 2. The van der Waals surface area contributed by atoms with Gasteiger partial charge in [0.15, 0.2) is 11.2 Å². The van der Waals surface area contributed by atoms with Gasteiger partial charge in [0.2, 0.25) is 0 Å². The van der Waals surface area contributed by atoms with E-state index in [-0.39, 0.29) is 23.2 Å². The first-order valence-electron chi connectivity index (χ1n) is 11.3. The fourth-order valence-corrected chi connectivity index (χ4v) is 6.06. The van der Waals surface area contributed by atoms with Crippen LogP contribution in [0.3, 0.4) is 0 Å². The van der Waals surface area contributed by atoms with Gasteiger partial charge in [-0.25, -0.2) is 0 Å². The van der Waals surface area contributed by atoms with E-state index in [4.69, 9.17) is 9.15 Å². The second-order valence-electron chi connectivity index (χ2n) is 8.79. The van der Waals surface area contributed by atoms with E-state index in [1.54, 1.807) is 6.07 Å². The molecule has 3 aromatic rings. The number of thiophene rings is 1. The first kappa shape index (κ1) is 21.9. The molecule has 2 aliphatic rings. The number of carbonyl (C=O) groups is 2. The number of hydrogen-bond acceptors (Lipinski definition) is 6. The van der Waals surface area contributed by atoms with Gasteiger partial charge in [-0.05, 0) is 68.7 Å². The summed E-state index contributed by atoms with van der Waals surface area (Å²) in [6, 6.07) is 4.89. The van der Waals surface area contributed by atoms with Crippen molar-refractivity contribution in [3.05, 3.63) is 61.3 Å². The van der Waals surface area contributed by atoms with Gasteiger partial charge in [0.25, 0.3) is 11.8 Å². The Morgan fingerprint density at radius 3 is 2.76 bits per heavy atom. The normalized spacial score (nSPS) is 17.3. The fraction of sp³-hybridized carbons (Fsp3) is 0.400. The molecule has 3 heterocycles. The standard InChI is InChI=1S/C25H26N2O5S/c1-13-9-14(2)21-17(28)11-19(32-18(21)10-13)23(29)27-25-22(16-6-3-7-20(16)33-25)24(30)26-12-15-5-4-8-31-15/h9-11,15H,3-8,12H2,1-2H3,(H,26,30)(H,27,29)/t15-/m1/s1. The molecular weight excluding hydrogens is 440 g/mol. The van der Waals surface area contributed by atoms with Crippen LogP contribution in [0.4, 0.5) is 5.00 Å². The highest BCUT2D eigenvalue weighted by molar-refractivity contribution is 7.17. The van der Waals surface area contributed by atoms with Crippen molar-refractivity contribution in [3.63, 3.8) is 0 Å². The highest BCUT2D eigenvalue weighted by Gasteiger charge is 2.29. The molecule has 172 valence electrons. The zero-order chi connectivity index (χ0) is 23.1. The van der Waals surface area contributed by atoms with Gasteiger partial charge >= 0.3 is 0 Å². The molecule has 1 fully saturated rings. The summed E-state index contributed by atoms with van der Waals surface area (Å²) in [6.07, 6.45) is 4.69. The summed E-state index contributed by atoms with van der Waals surface area (Å²) in [6.45, 7) is 4.94. The monoisotopic (exact) mass is 466 g/mol. The Labute approximate surface area is 195 Å². The summed E-state index contributed by atoms with van der Waals surface area (Å²) < 4.78 is 11.4. The first-order chi connectivity index (χ1) is 15.9. The topological polar surface area (TPSA) is 97.6 Å². The van der Waals surface area contributed by atoms with E-state index in [1.165, 1.54) is 17.4 Å². The summed E-state index contributed by atoms with van der Waals surface area (Å²) in [7, 11) is 0. The summed E-state index contributed by atoms with van der Waals surface area (Å²) in [5, 5.41) is 6.79. The highest BCUT2D eigenvalue weighted by Crippen LogP contribution is 2.39. The second-order valence-corrected chi connectivity index (χ2v) is 9.90. The zero-order valence-corrected chi connectivity index (χ0v) is 19.5. The fourth-order valence-electron chi connectivity index (χ4n) is 4.77. The van der Waals surface area contributed by atoms with Crippen LogP contribution in [0.25, 0.3) is 11.0 Å². The van der Waals surface area contributed by atoms with Crippen molar-refractivity contribution in [2.75, 3.05) is 18.5 Å². The average Bonchev–Trinajstić information content (AvgIpc) is 3.49. The Balaban J connectivity index is 1.43. The maximum absolute atomic E-state index is 13.1. The second kappa shape index (κ2) is 8.76. The molecule has 0 unspecified atom stereocenters. The van der Waals surface area contributed by atoms with Crippen LogP contribution in [-0.2, 0) is 17.6 Å². The summed E-state index contributed by atoms with van der Waals surface area (Å²) in [5.41, 5.74) is 3.40. The van der Waals surface area contributed by atoms with Gasteiger partial charge in [0.05, 0.1) is 17.1 Å². The molecule has 7 nitrogen and oxygen atoms in total. The molecule has 33 heavy (non-hydrogen) atoms. The number of carbonyl (C=O) groups excluding carboxylic acids is 2. The van der Waals surface area contributed by atoms with E-state index in [1.807, 2.05) is 19.9 Å². The Hall–Kier alpha value is -2.97. The molecule has 1 aromatic carbocycles. The van der Waals surface area contributed by atoms with Crippen molar-refractivity contribution >= 4 is 39.1 Å². The van der Waals surface area contributed by atoms with E-state index in [0.717, 1.165) is 60.3 Å². The third-order valence-electron chi connectivity index (χ3n) is 6.29. The van der Waals surface area contributed by atoms with Crippen molar-refractivity contribution in [3.8, 4) is 0 Å². The number of benzene rings is 1. The maximum atomic E-state index is 13.1. The predicted molar refractivity (Wildman–Crippen MR) is 128 cm³/mol. The summed E-state index contributed by atoms with van der Waals surface area (Å²) >= 11 is 1.43. The van der Waals surface area contributed by atoms with Gasteiger partial charge in [0.1, 0.15) is 10.6 Å². The van der Waals surface area contributed by atoms with Crippen LogP contribution in [-0.4, -0.2) is 31.1 Å². The summed E-state index contributed by atoms with van der Waals surface area (Å²) in [5.74, 6) is -0.815. The highest BCUT2D eigenvalue weighted by atomic mass is 32.1. The maximum Gasteiger partial charge on any atom is 0.292 e. The smallest absolute Gasteiger partial charge is 0.292 e. The molecule has 8 heteroatoms. The first-order valence-corrected chi connectivity index (χ1v) is 12.1. The van der Waals surface area contributed by atoms with Gasteiger partial charge in [0, 0.05) is 24.1 Å². The molecule has 0 saturated carbocycles. The zero-order valence-electron chi connectivity index (χ0n) is 18.7. The largest absolute Gasteiger partial charge is 0.451 e. The van der Waals surface area contributed by atoms with Crippen LogP contribution in [0, 0.1) is 13.8 Å².